The first-order chi connectivity index (χ1) is 12.7. The molecule has 2 rings (SSSR count). The summed E-state index contributed by atoms with van der Waals surface area (Å²) in [4.78, 5) is 44.7. The fraction of sp³-hybridized carbons (Fsp3) is 0. The second-order valence-corrected chi connectivity index (χ2v) is 4.75. The number of hydrogen-bond acceptors (Lipinski definition) is 10. The second kappa shape index (κ2) is 7.60. The maximum absolute atomic E-state index is 11.0. The first kappa shape index (κ1) is 18.8. The third kappa shape index (κ3) is 4.32. The van der Waals surface area contributed by atoms with Crippen LogP contribution in [0.3, 0.4) is 0 Å². The maximum atomic E-state index is 11.0. The molecule has 2 aromatic carbocycles. The van der Waals surface area contributed by atoms with Crippen molar-refractivity contribution < 1.29 is 24.5 Å². The van der Waals surface area contributed by atoms with Crippen molar-refractivity contribution in [1.29, 1.82) is 0 Å². The number of nitrogens with zero attached hydrogens (tertiary/aromatic N) is 5. The van der Waals surface area contributed by atoms with Gasteiger partial charge in [-0.1, -0.05) is 5.16 Å². The van der Waals surface area contributed by atoms with Crippen molar-refractivity contribution in [1.82, 2.24) is 0 Å². The predicted molar refractivity (Wildman–Crippen MR) is 87.7 cm³/mol. The van der Waals surface area contributed by atoms with Crippen LogP contribution in [0.15, 0.2) is 41.6 Å². The van der Waals surface area contributed by atoms with Crippen molar-refractivity contribution in [3.8, 4) is 5.75 Å². The minimum atomic E-state index is -0.924. The standard InChI is InChI=1S/C13H7N5O9/c19-15(20)9-2-1-8(11(5-9)17(23)24)7-14-27-13-4-3-10(16(21)22)6-12(13)18(25)26/h1-7H/b14-7+. The molecule has 0 N–H and O–H groups in total. The van der Waals surface area contributed by atoms with E-state index in [2.05, 4.69) is 5.16 Å². The molecular formula is C13H7N5O9. The third-order valence-corrected chi connectivity index (χ3v) is 3.11. The average molecular weight is 377 g/mol. The largest absolute Gasteiger partial charge is 0.350 e. The molecule has 0 atom stereocenters. The minimum Gasteiger partial charge on any atom is -0.350 e. The summed E-state index contributed by atoms with van der Waals surface area (Å²) in [5.41, 5.74) is -2.57. The van der Waals surface area contributed by atoms with Crippen LogP contribution in [0, 0.1) is 40.5 Å². The number of oxime groups is 1. The van der Waals surface area contributed by atoms with Gasteiger partial charge in [0.1, 0.15) is 0 Å². The summed E-state index contributed by atoms with van der Waals surface area (Å²) >= 11 is 0. The van der Waals surface area contributed by atoms with E-state index in [-0.39, 0.29) is 5.56 Å². The van der Waals surface area contributed by atoms with Gasteiger partial charge in [-0.25, -0.2) is 0 Å². The summed E-state index contributed by atoms with van der Waals surface area (Å²) in [6.07, 6.45) is 0.826. The lowest BCUT2D eigenvalue weighted by molar-refractivity contribution is -0.394. The zero-order valence-corrected chi connectivity index (χ0v) is 13.0. The van der Waals surface area contributed by atoms with Crippen LogP contribution < -0.4 is 4.84 Å². The van der Waals surface area contributed by atoms with Gasteiger partial charge in [0, 0.05) is 12.1 Å². The Morgan fingerprint density at radius 1 is 0.741 bits per heavy atom. The van der Waals surface area contributed by atoms with Crippen molar-refractivity contribution in [2.45, 2.75) is 0 Å². The molecule has 0 radical (unpaired) electrons. The van der Waals surface area contributed by atoms with Crippen LogP contribution in [0.4, 0.5) is 22.7 Å². The van der Waals surface area contributed by atoms with Crippen molar-refractivity contribution in [3.05, 3.63) is 82.4 Å². The Kier molecular flexibility index (Phi) is 5.30. The van der Waals surface area contributed by atoms with Crippen molar-refractivity contribution in [3.63, 3.8) is 0 Å². The molecule has 2 aromatic rings. The van der Waals surface area contributed by atoms with Gasteiger partial charge < -0.3 is 4.84 Å². The van der Waals surface area contributed by atoms with E-state index in [0.717, 1.165) is 36.5 Å². The number of benzene rings is 2. The number of nitro groups is 4. The van der Waals surface area contributed by atoms with E-state index in [1.165, 1.54) is 0 Å². The van der Waals surface area contributed by atoms with Crippen molar-refractivity contribution in [2.24, 2.45) is 5.16 Å². The highest BCUT2D eigenvalue weighted by molar-refractivity contribution is 5.85. The highest BCUT2D eigenvalue weighted by Crippen LogP contribution is 2.31. The highest BCUT2D eigenvalue weighted by atomic mass is 16.7. The topological polar surface area (TPSA) is 194 Å². The van der Waals surface area contributed by atoms with E-state index in [0.29, 0.717) is 6.07 Å². The van der Waals surface area contributed by atoms with Crippen LogP contribution in [0.25, 0.3) is 0 Å². The van der Waals surface area contributed by atoms with E-state index < -0.39 is 48.2 Å². The molecule has 0 bridgehead atoms. The molecule has 0 aliphatic heterocycles. The molecule has 0 aromatic heterocycles. The third-order valence-electron chi connectivity index (χ3n) is 3.11. The van der Waals surface area contributed by atoms with Crippen LogP contribution in [-0.2, 0) is 0 Å². The maximum Gasteiger partial charge on any atom is 0.321 e. The van der Waals surface area contributed by atoms with Gasteiger partial charge in [0.2, 0.25) is 5.75 Å². The molecule has 0 unspecified atom stereocenters. The number of non-ortho nitro benzene ring substituents is 2. The smallest absolute Gasteiger partial charge is 0.321 e. The van der Waals surface area contributed by atoms with Gasteiger partial charge in [-0.3, -0.25) is 40.5 Å². The van der Waals surface area contributed by atoms with Crippen LogP contribution in [0.2, 0.25) is 0 Å². The van der Waals surface area contributed by atoms with Gasteiger partial charge in [-0.05, 0) is 12.1 Å². The monoisotopic (exact) mass is 377 g/mol. The fourth-order valence-corrected chi connectivity index (χ4v) is 1.89. The molecule has 138 valence electrons. The molecule has 0 heterocycles. The molecule has 0 spiro atoms. The zero-order valence-electron chi connectivity index (χ0n) is 13.0. The van der Waals surface area contributed by atoms with E-state index in [9.17, 15) is 40.5 Å². The van der Waals surface area contributed by atoms with Crippen LogP contribution in [-0.4, -0.2) is 25.9 Å². The molecule has 0 aliphatic rings. The van der Waals surface area contributed by atoms with E-state index >= 15 is 0 Å². The Balaban J connectivity index is 2.33. The Morgan fingerprint density at radius 3 is 1.78 bits per heavy atom. The lowest BCUT2D eigenvalue weighted by Gasteiger charge is -2.01. The van der Waals surface area contributed by atoms with Crippen LogP contribution >= 0.6 is 0 Å². The summed E-state index contributed by atoms with van der Waals surface area (Å²) in [6, 6.07) is 5.33. The Labute approximate surface area is 147 Å². The molecule has 27 heavy (non-hydrogen) atoms. The van der Waals surface area contributed by atoms with Gasteiger partial charge in [0.05, 0.1) is 43.6 Å². The summed E-state index contributed by atoms with van der Waals surface area (Å²) in [7, 11) is 0. The fourth-order valence-electron chi connectivity index (χ4n) is 1.89. The SMILES string of the molecule is O=[N+]([O-])c1ccc(/C=N/Oc2ccc([N+](=O)[O-])cc2[N+](=O)[O-])c([N+](=O)[O-])c1. The Bertz CT molecular complexity index is 988. The minimum absolute atomic E-state index is 0.157. The number of hydrogen-bond donors (Lipinski definition) is 0. The first-order valence-corrected chi connectivity index (χ1v) is 6.76. The highest BCUT2D eigenvalue weighted by Gasteiger charge is 2.22. The van der Waals surface area contributed by atoms with Crippen LogP contribution in [0.1, 0.15) is 5.56 Å². The van der Waals surface area contributed by atoms with Crippen LogP contribution in [0.5, 0.6) is 5.75 Å². The number of nitro benzene ring substituents is 4. The lowest BCUT2D eigenvalue weighted by atomic mass is 10.2. The van der Waals surface area contributed by atoms with Gasteiger partial charge >= 0.3 is 5.69 Å². The van der Waals surface area contributed by atoms with Gasteiger partial charge in [0.25, 0.3) is 17.1 Å². The molecule has 14 heteroatoms. The molecular weight excluding hydrogens is 370 g/mol. The molecule has 0 fully saturated rings. The number of rotatable bonds is 7. The summed E-state index contributed by atoms with van der Waals surface area (Å²) in [5, 5.41) is 46.7. The van der Waals surface area contributed by atoms with E-state index in [1.807, 2.05) is 0 Å². The first-order valence-electron chi connectivity index (χ1n) is 6.76. The van der Waals surface area contributed by atoms with Gasteiger partial charge in [-0.15, -0.1) is 0 Å². The molecule has 0 amide bonds. The van der Waals surface area contributed by atoms with E-state index in [4.69, 9.17) is 4.84 Å². The summed E-state index contributed by atoms with van der Waals surface area (Å²) in [6.45, 7) is 0. The summed E-state index contributed by atoms with van der Waals surface area (Å²) < 4.78 is 0. The van der Waals surface area contributed by atoms with Gasteiger partial charge in [0.15, 0.2) is 0 Å². The Hall–Kier alpha value is -4.49. The normalized spacial score (nSPS) is 10.5. The van der Waals surface area contributed by atoms with E-state index in [1.54, 1.807) is 0 Å². The molecule has 0 aliphatic carbocycles. The zero-order chi connectivity index (χ0) is 20.1. The quantitative estimate of drug-likeness (QED) is 0.396. The second-order valence-electron chi connectivity index (χ2n) is 4.75. The van der Waals surface area contributed by atoms with Crippen molar-refractivity contribution >= 4 is 29.0 Å². The van der Waals surface area contributed by atoms with Crippen molar-refractivity contribution in [2.75, 3.05) is 0 Å². The lowest BCUT2D eigenvalue weighted by Crippen LogP contribution is -1.99. The summed E-state index contributed by atoms with van der Waals surface area (Å²) in [5.74, 6) is -0.439. The molecule has 0 saturated heterocycles. The predicted octanol–water partition coefficient (Wildman–Crippen LogP) is 2.73. The average Bonchev–Trinajstić information content (AvgIpc) is 2.61. The molecule has 0 saturated carbocycles. The molecule has 14 nitrogen and oxygen atoms in total. The Morgan fingerprint density at radius 2 is 1.26 bits per heavy atom. The van der Waals surface area contributed by atoms with Gasteiger partial charge in [-0.2, -0.15) is 0 Å².